The molecule has 1 fully saturated rings. The average Bonchev–Trinajstić information content (AvgIpc) is 2.74. The Morgan fingerprint density at radius 2 is 1.81 bits per heavy atom. The van der Waals surface area contributed by atoms with Crippen LogP contribution in [0.1, 0.15) is 12.5 Å². The Bertz CT molecular complexity index is 748. The second-order valence-corrected chi connectivity index (χ2v) is 7.77. The van der Waals surface area contributed by atoms with Crippen molar-refractivity contribution in [3.8, 4) is 11.5 Å². The van der Waals surface area contributed by atoms with Crippen molar-refractivity contribution in [2.75, 3.05) is 56.6 Å². The third-order valence-corrected chi connectivity index (χ3v) is 5.84. The van der Waals surface area contributed by atoms with Crippen molar-refractivity contribution in [3.63, 3.8) is 0 Å². The molecule has 0 atom stereocenters. The highest BCUT2D eigenvalue weighted by Gasteiger charge is 2.23. The van der Waals surface area contributed by atoms with E-state index in [-0.39, 0.29) is 0 Å². The second kappa shape index (κ2) is 8.80. The molecule has 1 saturated heterocycles. The minimum absolute atomic E-state index is 0.627. The molecule has 2 aliphatic heterocycles. The molecule has 27 heavy (non-hydrogen) atoms. The lowest BCUT2D eigenvalue weighted by Gasteiger charge is -2.37. The predicted octanol–water partition coefficient (Wildman–Crippen LogP) is 2.72. The van der Waals surface area contributed by atoms with Gasteiger partial charge in [0.15, 0.2) is 16.7 Å². The van der Waals surface area contributed by atoms with Gasteiger partial charge in [-0.1, -0.05) is 24.8 Å². The molecule has 0 bridgehead atoms. The van der Waals surface area contributed by atoms with E-state index in [4.69, 9.17) is 9.47 Å². The van der Waals surface area contributed by atoms with Crippen LogP contribution >= 0.6 is 11.8 Å². The number of hydrogen-bond acceptors (Lipinski definition) is 7. The van der Waals surface area contributed by atoms with Gasteiger partial charge in [0.2, 0.25) is 0 Å². The van der Waals surface area contributed by atoms with Crippen LogP contribution < -0.4 is 14.4 Å². The van der Waals surface area contributed by atoms with Gasteiger partial charge in [0, 0.05) is 50.9 Å². The molecule has 3 heterocycles. The predicted molar refractivity (Wildman–Crippen MR) is 108 cm³/mol. The molecule has 0 radical (unpaired) electrons. The number of hydrogen-bond donors (Lipinski definition) is 0. The van der Waals surface area contributed by atoms with E-state index in [1.54, 1.807) is 11.8 Å². The van der Waals surface area contributed by atoms with Crippen molar-refractivity contribution in [1.29, 1.82) is 0 Å². The molecule has 7 heteroatoms. The van der Waals surface area contributed by atoms with E-state index in [1.807, 2.05) is 18.5 Å². The van der Waals surface area contributed by atoms with E-state index in [0.717, 1.165) is 67.2 Å². The van der Waals surface area contributed by atoms with Crippen molar-refractivity contribution in [1.82, 2.24) is 14.9 Å². The molecular weight excluding hydrogens is 360 g/mol. The van der Waals surface area contributed by atoms with Gasteiger partial charge in [-0.15, -0.1) is 0 Å². The van der Waals surface area contributed by atoms with Gasteiger partial charge in [-0.2, -0.15) is 0 Å². The van der Waals surface area contributed by atoms with E-state index in [1.165, 1.54) is 5.56 Å². The van der Waals surface area contributed by atoms with Gasteiger partial charge in [-0.3, -0.25) is 4.90 Å². The van der Waals surface area contributed by atoms with Crippen LogP contribution in [0.5, 0.6) is 11.5 Å². The van der Waals surface area contributed by atoms with Crippen LogP contribution in [-0.2, 0) is 6.42 Å². The molecule has 2 aliphatic rings. The summed E-state index contributed by atoms with van der Waals surface area (Å²) in [5.41, 5.74) is 2.35. The van der Waals surface area contributed by atoms with Gasteiger partial charge in [0.05, 0.1) is 5.69 Å². The molecule has 0 aliphatic carbocycles. The summed E-state index contributed by atoms with van der Waals surface area (Å²) in [4.78, 5) is 13.8. The number of rotatable bonds is 6. The van der Waals surface area contributed by atoms with Crippen LogP contribution in [0.2, 0.25) is 0 Å². The molecular formula is C20H26N4O2S. The fourth-order valence-electron chi connectivity index (χ4n) is 3.39. The number of thioether (sulfide) groups is 1. The maximum atomic E-state index is 5.87. The summed E-state index contributed by atoms with van der Waals surface area (Å²) in [6, 6.07) is 6.17. The van der Waals surface area contributed by atoms with E-state index in [0.29, 0.717) is 13.2 Å². The zero-order valence-corrected chi connectivity index (χ0v) is 16.6. The number of ether oxygens (including phenoxy) is 2. The van der Waals surface area contributed by atoms with Gasteiger partial charge >= 0.3 is 0 Å². The van der Waals surface area contributed by atoms with Gasteiger partial charge in [0.25, 0.3) is 0 Å². The minimum Gasteiger partial charge on any atom is -0.486 e. The third kappa shape index (κ3) is 4.47. The van der Waals surface area contributed by atoms with Gasteiger partial charge in [0.1, 0.15) is 13.2 Å². The molecule has 0 saturated carbocycles. The molecule has 2 aromatic rings. The summed E-state index contributed by atoms with van der Waals surface area (Å²) in [5, 5.41) is 0.874. The Kier molecular flexibility index (Phi) is 5.99. The Balaban J connectivity index is 1.25. The highest BCUT2D eigenvalue weighted by Crippen LogP contribution is 2.39. The van der Waals surface area contributed by atoms with Gasteiger partial charge in [-0.25, -0.2) is 9.97 Å². The van der Waals surface area contributed by atoms with E-state index >= 15 is 0 Å². The van der Waals surface area contributed by atoms with Crippen LogP contribution in [-0.4, -0.2) is 66.6 Å². The number of para-hydroxylation sites is 1. The average molecular weight is 387 g/mol. The topological polar surface area (TPSA) is 50.7 Å². The summed E-state index contributed by atoms with van der Waals surface area (Å²) in [5.74, 6) is 2.79. The first kappa shape index (κ1) is 18.4. The summed E-state index contributed by atoms with van der Waals surface area (Å²) >= 11 is 1.74. The maximum absolute atomic E-state index is 5.87. The lowest BCUT2D eigenvalue weighted by molar-refractivity contribution is 0.171. The van der Waals surface area contributed by atoms with Crippen molar-refractivity contribution < 1.29 is 9.47 Å². The van der Waals surface area contributed by atoms with Crippen molar-refractivity contribution >= 4 is 17.4 Å². The molecule has 6 nitrogen and oxygen atoms in total. The zero-order valence-electron chi connectivity index (χ0n) is 15.8. The lowest BCUT2D eigenvalue weighted by Crippen LogP contribution is -2.47. The quantitative estimate of drug-likeness (QED) is 0.559. The number of aromatic nitrogens is 2. The standard InChI is InChI=1S/C20H26N4O2S/c1-2-16-14-21-20(22-15-16)27-13-10-23-6-8-24(9-7-23)17-4-3-5-18-19(17)26-12-11-25-18/h3-5,14-15H,2,6-13H2,1H3. The van der Waals surface area contributed by atoms with Crippen molar-refractivity contribution in [2.45, 2.75) is 18.5 Å². The molecule has 1 aromatic carbocycles. The normalized spacial score (nSPS) is 17.1. The number of nitrogens with zero attached hydrogens (tertiary/aromatic N) is 4. The first-order chi connectivity index (χ1) is 13.3. The fraction of sp³-hybridized carbons (Fsp3) is 0.500. The zero-order chi connectivity index (χ0) is 18.5. The minimum atomic E-state index is 0.627. The fourth-order valence-corrected chi connectivity index (χ4v) is 4.17. The smallest absolute Gasteiger partial charge is 0.187 e. The molecule has 144 valence electrons. The van der Waals surface area contributed by atoms with Crippen LogP contribution in [0.3, 0.4) is 0 Å². The first-order valence-corrected chi connectivity index (χ1v) is 10.6. The van der Waals surface area contributed by atoms with E-state index < -0.39 is 0 Å². The Labute approximate surface area is 164 Å². The molecule has 0 N–H and O–H groups in total. The molecule has 4 rings (SSSR count). The van der Waals surface area contributed by atoms with Gasteiger partial charge in [-0.05, 0) is 24.1 Å². The second-order valence-electron chi connectivity index (χ2n) is 6.71. The van der Waals surface area contributed by atoms with E-state index in [9.17, 15) is 0 Å². The maximum Gasteiger partial charge on any atom is 0.187 e. The Morgan fingerprint density at radius 3 is 2.59 bits per heavy atom. The summed E-state index contributed by atoms with van der Waals surface area (Å²) in [6.07, 6.45) is 4.85. The summed E-state index contributed by atoms with van der Waals surface area (Å²) < 4.78 is 11.6. The number of anilines is 1. The number of fused-ring (bicyclic) bond motifs is 1. The third-order valence-electron chi connectivity index (χ3n) is 4.99. The number of piperazine rings is 1. The number of benzene rings is 1. The number of aryl methyl sites for hydroxylation is 1. The van der Waals surface area contributed by atoms with Crippen LogP contribution in [0.25, 0.3) is 0 Å². The summed E-state index contributed by atoms with van der Waals surface area (Å²) in [6.45, 7) is 8.56. The SMILES string of the molecule is CCc1cnc(SCCN2CCN(c3cccc4c3OCCO4)CC2)nc1. The highest BCUT2D eigenvalue weighted by atomic mass is 32.2. The molecule has 1 aromatic heterocycles. The van der Waals surface area contributed by atoms with Gasteiger partial charge < -0.3 is 14.4 Å². The van der Waals surface area contributed by atoms with Crippen molar-refractivity contribution in [3.05, 3.63) is 36.2 Å². The first-order valence-electron chi connectivity index (χ1n) is 9.63. The molecule has 0 unspecified atom stereocenters. The summed E-state index contributed by atoms with van der Waals surface area (Å²) in [7, 11) is 0. The van der Waals surface area contributed by atoms with Crippen molar-refractivity contribution in [2.24, 2.45) is 0 Å². The largest absolute Gasteiger partial charge is 0.486 e. The lowest BCUT2D eigenvalue weighted by atomic mass is 10.2. The molecule has 0 spiro atoms. The highest BCUT2D eigenvalue weighted by molar-refractivity contribution is 7.99. The monoisotopic (exact) mass is 386 g/mol. The van der Waals surface area contributed by atoms with E-state index in [2.05, 4.69) is 38.8 Å². The Hall–Kier alpha value is -1.99. The molecule has 0 amide bonds. The van der Waals surface area contributed by atoms with Crippen LogP contribution in [0, 0.1) is 0 Å². The van der Waals surface area contributed by atoms with Crippen LogP contribution in [0.4, 0.5) is 5.69 Å². The van der Waals surface area contributed by atoms with Crippen LogP contribution in [0.15, 0.2) is 35.7 Å². The Morgan fingerprint density at radius 1 is 1.04 bits per heavy atom.